The van der Waals surface area contributed by atoms with E-state index in [1.54, 1.807) is 22.7 Å². The van der Waals surface area contributed by atoms with Gasteiger partial charge in [-0.1, -0.05) is 0 Å². The summed E-state index contributed by atoms with van der Waals surface area (Å²) in [6, 6.07) is 0. The molecule has 2 aromatic rings. The van der Waals surface area contributed by atoms with Crippen LogP contribution in [0.4, 0.5) is 0 Å². The lowest BCUT2D eigenvalue weighted by atomic mass is 10.4. The van der Waals surface area contributed by atoms with Gasteiger partial charge in [-0.2, -0.15) is 0 Å². The van der Waals surface area contributed by atoms with Crippen LogP contribution in [0.15, 0.2) is 0 Å². The van der Waals surface area contributed by atoms with E-state index < -0.39 is 0 Å². The molecule has 2 heterocycles. The molecule has 3 rings (SSSR count). The minimum Gasteiger partial charge on any atom is -0.234 e. The fourth-order valence-corrected chi connectivity index (χ4v) is 5.07. The zero-order valence-electron chi connectivity index (χ0n) is 6.17. The zero-order chi connectivity index (χ0) is 9.00. The number of aromatic nitrogens is 2. The summed E-state index contributed by atoms with van der Waals surface area (Å²) in [5.74, 6) is 0. The third-order valence-electron chi connectivity index (χ3n) is 1.89. The predicted octanol–water partition coefficient (Wildman–Crippen LogP) is 3.38. The monoisotopic (exact) mass is 432 g/mol. The highest BCUT2D eigenvalue weighted by atomic mass is 127. The summed E-state index contributed by atoms with van der Waals surface area (Å²) >= 11 is 8.08. The number of rotatable bonds is 0. The number of hydrogen-bond acceptors (Lipinski definition) is 4. The van der Waals surface area contributed by atoms with E-state index in [0.29, 0.717) is 0 Å². The van der Waals surface area contributed by atoms with Crippen molar-refractivity contribution in [2.45, 2.75) is 6.42 Å². The second kappa shape index (κ2) is 3.11. The van der Waals surface area contributed by atoms with Crippen molar-refractivity contribution in [3.05, 3.63) is 16.6 Å². The molecule has 6 heteroatoms. The summed E-state index contributed by atoms with van der Waals surface area (Å²) in [5.41, 5.74) is 2.41. The maximum absolute atomic E-state index is 4.52. The molecule has 0 bridgehead atoms. The van der Waals surface area contributed by atoms with Crippen molar-refractivity contribution < 1.29 is 0 Å². The van der Waals surface area contributed by atoms with E-state index >= 15 is 0 Å². The Morgan fingerprint density at radius 1 is 1.08 bits per heavy atom. The molecule has 0 unspecified atom stereocenters. The maximum atomic E-state index is 4.52. The standard InChI is InChI=1S/C7H2I2N2S2/c8-6-10-2-1-3-4(5(2)13-6)11-7(9)12-3/h1H2. The molecule has 0 saturated carbocycles. The van der Waals surface area contributed by atoms with Gasteiger partial charge in [0.15, 0.2) is 6.03 Å². The summed E-state index contributed by atoms with van der Waals surface area (Å²) in [7, 11) is 0. The first-order valence-corrected chi connectivity index (χ1v) is 7.34. The summed E-state index contributed by atoms with van der Waals surface area (Å²) in [6.07, 6.45) is 0.991. The third kappa shape index (κ3) is 1.37. The van der Waals surface area contributed by atoms with Gasteiger partial charge in [0.2, 0.25) is 0 Å². The van der Waals surface area contributed by atoms with E-state index in [9.17, 15) is 0 Å². The highest BCUT2D eigenvalue weighted by Gasteiger charge is 2.26. The smallest absolute Gasteiger partial charge is 0.154 e. The van der Waals surface area contributed by atoms with Crippen LogP contribution in [0.3, 0.4) is 0 Å². The zero-order valence-corrected chi connectivity index (χ0v) is 12.1. The first kappa shape index (κ1) is 8.98. The van der Waals surface area contributed by atoms with Crippen LogP contribution in [-0.2, 0) is 6.42 Å². The number of thiazole rings is 2. The Balaban J connectivity index is 2.28. The normalized spacial score (nSPS) is 13.1. The minimum atomic E-state index is 0.991. The van der Waals surface area contributed by atoms with Gasteiger partial charge in [0.25, 0.3) is 0 Å². The van der Waals surface area contributed by atoms with E-state index in [4.69, 9.17) is 0 Å². The largest absolute Gasteiger partial charge is 0.234 e. The lowest BCUT2D eigenvalue weighted by molar-refractivity contribution is 1.16. The molecule has 1 aliphatic carbocycles. The lowest BCUT2D eigenvalue weighted by Crippen LogP contribution is -1.79. The molecule has 0 N–H and O–H groups in total. The molecule has 2 nitrogen and oxygen atoms in total. The second-order valence-electron chi connectivity index (χ2n) is 2.66. The van der Waals surface area contributed by atoms with Crippen molar-refractivity contribution >= 4 is 67.9 Å². The Labute approximate surface area is 110 Å². The molecule has 0 fully saturated rings. The van der Waals surface area contributed by atoms with Gasteiger partial charge < -0.3 is 0 Å². The molecule has 0 aromatic carbocycles. The number of fused-ring (bicyclic) bond motifs is 3. The Morgan fingerprint density at radius 3 is 2.69 bits per heavy atom. The molecular formula is C7H2I2N2S2. The molecule has 0 saturated heterocycles. The molecule has 66 valence electrons. The molecule has 0 aliphatic heterocycles. The molecule has 0 atom stereocenters. The van der Waals surface area contributed by atoms with Crippen molar-refractivity contribution in [3.8, 4) is 10.6 Å². The average Bonchev–Trinajstić information content (AvgIpc) is 2.60. The number of hydrogen-bond donors (Lipinski definition) is 0. The Hall–Kier alpha value is 0.720. The fourth-order valence-electron chi connectivity index (χ4n) is 1.40. The van der Waals surface area contributed by atoms with Gasteiger partial charge in [0.05, 0.1) is 16.3 Å². The average molecular weight is 432 g/mol. The molecule has 13 heavy (non-hydrogen) atoms. The van der Waals surface area contributed by atoms with Gasteiger partial charge in [-0.3, -0.25) is 0 Å². The van der Waals surface area contributed by atoms with E-state index in [0.717, 1.165) is 12.4 Å². The SMILES string of the molecule is Ic1nc2c(s1)Cc1nc(I)sc1-2. The number of nitrogens with zero attached hydrogens (tertiary/aromatic N) is 2. The quantitative estimate of drug-likeness (QED) is 0.510. The second-order valence-corrected chi connectivity index (χ2v) is 8.25. The first-order chi connectivity index (χ1) is 6.24. The van der Waals surface area contributed by atoms with Gasteiger partial charge in [-0.15, -0.1) is 22.7 Å². The number of halogens is 2. The lowest BCUT2D eigenvalue weighted by Gasteiger charge is -1.83. The van der Waals surface area contributed by atoms with Crippen molar-refractivity contribution in [1.29, 1.82) is 0 Å². The Morgan fingerprint density at radius 2 is 1.85 bits per heavy atom. The third-order valence-corrected chi connectivity index (χ3v) is 5.43. The van der Waals surface area contributed by atoms with E-state index in [1.165, 1.54) is 21.1 Å². The van der Waals surface area contributed by atoms with Crippen LogP contribution >= 0.6 is 67.9 Å². The first-order valence-electron chi connectivity index (χ1n) is 3.55. The molecule has 0 radical (unpaired) electrons. The minimum absolute atomic E-state index is 0.991. The topological polar surface area (TPSA) is 25.8 Å². The van der Waals surface area contributed by atoms with Gasteiger partial charge in [0, 0.05) is 11.3 Å². The summed E-state index contributed by atoms with van der Waals surface area (Å²) in [5, 5.41) is 0. The Bertz CT molecular complexity index is 444. The fraction of sp³-hybridized carbons (Fsp3) is 0.143. The molecule has 0 spiro atoms. The van der Waals surface area contributed by atoms with Crippen molar-refractivity contribution in [1.82, 2.24) is 9.97 Å². The van der Waals surface area contributed by atoms with Gasteiger partial charge in [-0.05, 0) is 45.2 Å². The summed E-state index contributed by atoms with van der Waals surface area (Å²) < 4.78 is 2.26. The predicted molar refractivity (Wildman–Crippen MR) is 71.5 cm³/mol. The molecule has 0 amide bonds. The Kier molecular flexibility index (Phi) is 2.15. The van der Waals surface area contributed by atoms with Crippen LogP contribution in [0.1, 0.15) is 10.6 Å². The van der Waals surface area contributed by atoms with E-state index in [-0.39, 0.29) is 0 Å². The van der Waals surface area contributed by atoms with Crippen LogP contribution < -0.4 is 0 Å². The van der Waals surface area contributed by atoms with Crippen LogP contribution in [0, 0.1) is 6.03 Å². The highest BCUT2D eigenvalue weighted by Crippen LogP contribution is 2.42. The molecule has 1 aliphatic rings. The molecular weight excluding hydrogens is 430 g/mol. The van der Waals surface area contributed by atoms with Crippen LogP contribution in [-0.4, -0.2) is 9.97 Å². The van der Waals surface area contributed by atoms with E-state index in [1.807, 2.05) is 0 Å². The van der Waals surface area contributed by atoms with Gasteiger partial charge in [0.1, 0.15) is 0 Å². The highest BCUT2D eigenvalue weighted by molar-refractivity contribution is 14.1. The van der Waals surface area contributed by atoms with Crippen molar-refractivity contribution in [3.63, 3.8) is 0 Å². The van der Waals surface area contributed by atoms with Crippen LogP contribution in [0.5, 0.6) is 0 Å². The van der Waals surface area contributed by atoms with E-state index in [2.05, 4.69) is 55.1 Å². The van der Waals surface area contributed by atoms with Crippen LogP contribution in [0.25, 0.3) is 10.6 Å². The van der Waals surface area contributed by atoms with Crippen LogP contribution in [0.2, 0.25) is 0 Å². The van der Waals surface area contributed by atoms with Gasteiger partial charge in [-0.25, -0.2) is 9.97 Å². The van der Waals surface area contributed by atoms with Crippen molar-refractivity contribution in [2.24, 2.45) is 0 Å². The van der Waals surface area contributed by atoms with Crippen molar-refractivity contribution in [2.75, 3.05) is 0 Å². The summed E-state index contributed by atoms with van der Waals surface area (Å²) in [4.78, 5) is 11.7. The maximum Gasteiger partial charge on any atom is 0.154 e. The summed E-state index contributed by atoms with van der Waals surface area (Å²) in [6.45, 7) is 0. The van der Waals surface area contributed by atoms with Gasteiger partial charge >= 0.3 is 0 Å². The molecule has 2 aromatic heterocycles.